The van der Waals surface area contributed by atoms with Crippen LogP contribution in [0.1, 0.15) is 12.0 Å². The first-order chi connectivity index (χ1) is 11.5. The Balaban J connectivity index is 1.85. The quantitative estimate of drug-likeness (QED) is 0.440. The molecule has 6 nitrogen and oxygen atoms in total. The molecule has 0 aliphatic carbocycles. The minimum absolute atomic E-state index is 0.150. The molecule has 0 radical (unpaired) electrons. The van der Waals surface area contributed by atoms with Crippen molar-refractivity contribution in [2.24, 2.45) is 10.9 Å². The molecule has 0 bridgehead atoms. The summed E-state index contributed by atoms with van der Waals surface area (Å²) in [4.78, 5) is 4.18. The summed E-state index contributed by atoms with van der Waals surface area (Å²) in [5.74, 6) is 2.16. The second-order valence-electron chi connectivity index (χ2n) is 5.78. The van der Waals surface area contributed by atoms with E-state index in [4.69, 9.17) is 4.74 Å². The Morgan fingerprint density at radius 1 is 1.42 bits per heavy atom. The molecular weight excluding hydrogens is 326 g/mol. The van der Waals surface area contributed by atoms with Crippen molar-refractivity contribution in [2.75, 3.05) is 31.7 Å². The smallest absolute Gasteiger partial charge is 0.191 e. The second-order valence-corrected chi connectivity index (χ2v) is 8.01. The number of nitrogens with one attached hydrogen (secondary N) is 2. The van der Waals surface area contributed by atoms with Crippen LogP contribution in [-0.2, 0) is 16.4 Å². The van der Waals surface area contributed by atoms with Crippen LogP contribution in [0.4, 0.5) is 0 Å². The van der Waals surface area contributed by atoms with Crippen molar-refractivity contribution in [1.82, 2.24) is 10.6 Å². The number of nitrogens with zero attached hydrogens (tertiary/aromatic N) is 1. The van der Waals surface area contributed by atoms with Crippen LogP contribution in [0, 0.1) is 5.92 Å². The largest absolute Gasteiger partial charge is 0.489 e. The topological polar surface area (TPSA) is 79.8 Å². The number of ether oxygens (including phenoxy) is 1. The van der Waals surface area contributed by atoms with Gasteiger partial charge in [-0.3, -0.25) is 4.99 Å². The zero-order chi connectivity index (χ0) is 17.4. The minimum atomic E-state index is -2.84. The lowest BCUT2D eigenvalue weighted by Gasteiger charge is -2.16. The SMILES string of the molecule is C=CCOc1ccccc1CNC(=NC)NCC1CCS(=O)(=O)C1. The molecule has 1 unspecified atom stereocenters. The first-order valence-electron chi connectivity index (χ1n) is 8.00. The lowest BCUT2D eigenvalue weighted by molar-refractivity contribution is 0.358. The van der Waals surface area contributed by atoms with Crippen LogP contribution in [0.5, 0.6) is 5.75 Å². The van der Waals surface area contributed by atoms with Gasteiger partial charge in [0.1, 0.15) is 12.4 Å². The predicted octanol–water partition coefficient (Wildman–Crippen LogP) is 1.35. The highest BCUT2D eigenvalue weighted by Gasteiger charge is 2.27. The van der Waals surface area contributed by atoms with E-state index in [9.17, 15) is 8.42 Å². The summed E-state index contributed by atoms with van der Waals surface area (Å²) in [6.45, 7) is 5.28. The summed E-state index contributed by atoms with van der Waals surface area (Å²) in [5, 5.41) is 6.43. The van der Waals surface area contributed by atoms with Crippen molar-refractivity contribution in [3.8, 4) is 5.75 Å². The first-order valence-corrected chi connectivity index (χ1v) is 9.82. The van der Waals surface area contributed by atoms with Crippen molar-refractivity contribution < 1.29 is 13.2 Å². The average molecular weight is 351 g/mol. The summed E-state index contributed by atoms with van der Waals surface area (Å²) in [6, 6.07) is 7.79. The van der Waals surface area contributed by atoms with E-state index in [2.05, 4.69) is 22.2 Å². The van der Waals surface area contributed by atoms with Crippen molar-refractivity contribution >= 4 is 15.8 Å². The Hall–Kier alpha value is -2.02. The monoisotopic (exact) mass is 351 g/mol. The molecule has 1 aliphatic rings. The Morgan fingerprint density at radius 3 is 2.88 bits per heavy atom. The van der Waals surface area contributed by atoms with Gasteiger partial charge in [0.25, 0.3) is 0 Å². The number of sulfone groups is 1. The van der Waals surface area contributed by atoms with Crippen LogP contribution < -0.4 is 15.4 Å². The van der Waals surface area contributed by atoms with Crippen molar-refractivity contribution in [3.05, 3.63) is 42.5 Å². The third kappa shape index (κ3) is 5.56. The number of rotatable bonds is 7. The van der Waals surface area contributed by atoms with E-state index in [1.54, 1.807) is 13.1 Å². The van der Waals surface area contributed by atoms with Gasteiger partial charge in [0.2, 0.25) is 0 Å². The van der Waals surface area contributed by atoms with E-state index in [-0.39, 0.29) is 11.7 Å². The number of guanidine groups is 1. The lowest BCUT2D eigenvalue weighted by Crippen LogP contribution is -2.39. The fourth-order valence-corrected chi connectivity index (χ4v) is 4.47. The summed E-state index contributed by atoms with van der Waals surface area (Å²) < 4.78 is 28.6. The number of para-hydroxylation sites is 1. The van der Waals surface area contributed by atoms with Gasteiger partial charge in [0.15, 0.2) is 15.8 Å². The molecule has 132 valence electrons. The maximum Gasteiger partial charge on any atom is 0.191 e. The van der Waals surface area contributed by atoms with Gasteiger partial charge in [-0.25, -0.2) is 8.42 Å². The molecule has 24 heavy (non-hydrogen) atoms. The number of benzene rings is 1. The molecule has 1 atom stereocenters. The van der Waals surface area contributed by atoms with Crippen LogP contribution in [-0.4, -0.2) is 46.1 Å². The average Bonchev–Trinajstić information content (AvgIpc) is 2.93. The Kier molecular flexibility index (Phi) is 6.66. The molecule has 1 aromatic rings. The molecule has 0 aromatic heterocycles. The number of aliphatic imine (C=N–C) groups is 1. The molecule has 0 spiro atoms. The second kappa shape index (κ2) is 8.73. The molecule has 0 amide bonds. The maximum absolute atomic E-state index is 11.5. The Morgan fingerprint density at radius 2 is 2.21 bits per heavy atom. The Labute approximate surface area is 143 Å². The van der Waals surface area contributed by atoms with E-state index in [0.717, 1.165) is 11.3 Å². The van der Waals surface area contributed by atoms with Crippen molar-refractivity contribution in [2.45, 2.75) is 13.0 Å². The van der Waals surface area contributed by atoms with Crippen molar-refractivity contribution in [3.63, 3.8) is 0 Å². The maximum atomic E-state index is 11.5. The molecule has 1 aliphatic heterocycles. The zero-order valence-corrected chi connectivity index (χ0v) is 14.8. The molecule has 1 fully saturated rings. The summed E-state index contributed by atoms with van der Waals surface area (Å²) in [6.07, 6.45) is 2.42. The van der Waals surface area contributed by atoms with E-state index < -0.39 is 9.84 Å². The molecule has 2 rings (SSSR count). The van der Waals surface area contributed by atoms with E-state index in [1.807, 2.05) is 24.3 Å². The van der Waals surface area contributed by atoms with Crippen LogP contribution in [0.2, 0.25) is 0 Å². The van der Waals surface area contributed by atoms with Crippen LogP contribution in [0.3, 0.4) is 0 Å². The van der Waals surface area contributed by atoms with Gasteiger partial charge in [-0.05, 0) is 18.4 Å². The highest BCUT2D eigenvalue weighted by Crippen LogP contribution is 2.18. The zero-order valence-electron chi connectivity index (χ0n) is 14.0. The summed E-state index contributed by atoms with van der Waals surface area (Å²) in [5.41, 5.74) is 1.02. The fraction of sp³-hybridized carbons (Fsp3) is 0.471. The molecule has 1 heterocycles. The van der Waals surface area contributed by atoms with Crippen LogP contribution >= 0.6 is 0 Å². The lowest BCUT2D eigenvalue weighted by atomic mass is 10.1. The number of hydrogen-bond acceptors (Lipinski definition) is 4. The van der Waals surface area contributed by atoms with Crippen LogP contribution in [0.15, 0.2) is 41.9 Å². The molecule has 1 saturated heterocycles. The van der Waals surface area contributed by atoms with Gasteiger partial charge < -0.3 is 15.4 Å². The normalized spacial score (nSPS) is 19.7. The van der Waals surface area contributed by atoms with Gasteiger partial charge in [0, 0.05) is 25.7 Å². The fourth-order valence-electron chi connectivity index (χ4n) is 2.61. The molecule has 0 saturated carbocycles. The molecule has 2 N–H and O–H groups in total. The summed E-state index contributed by atoms with van der Waals surface area (Å²) in [7, 11) is -1.15. The third-order valence-corrected chi connectivity index (χ3v) is 5.72. The van der Waals surface area contributed by atoms with E-state index in [1.165, 1.54) is 0 Å². The van der Waals surface area contributed by atoms with Gasteiger partial charge in [-0.15, -0.1) is 0 Å². The third-order valence-electron chi connectivity index (χ3n) is 3.88. The molecular formula is C17H25N3O3S. The van der Waals surface area contributed by atoms with Crippen molar-refractivity contribution in [1.29, 1.82) is 0 Å². The van der Waals surface area contributed by atoms with Gasteiger partial charge in [0.05, 0.1) is 11.5 Å². The van der Waals surface area contributed by atoms with Gasteiger partial charge in [-0.1, -0.05) is 30.9 Å². The summed E-state index contributed by atoms with van der Waals surface area (Å²) >= 11 is 0. The Bertz CT molecular complexity index is 686. The highest BCUT2D eigenvalue weighted by atomic mass is 32.2. The van der Waals surface area contributed by atoms with E-state index >= 15 is 0 Å². The number of hydrogen-bond donors (Lipinski definition) is 2. The minimum Gasteiger partial charge on any atom is -0.489 e. The van der Waals surface area contributed by atoms with Gasteiger partial charge >= 0.3 is 0 Å². The standard InChI is InChI=1S/C17H25N3O3S/c1-3-9-23-16-7-5-4-6-15(16)12-20-17(18-2)19-11-14-8-10-24(21,22)13-14/h3-7,14H,1,8-13H2,2H3,(H2,18,19,20). The van der Waals surface area contributed by atoms with Crippen LogP contribution in [0.25, 0.3) is 0 Å². The first kappa shape index (κ1) is 18.3. The predicted molar refractivity (Wildman–Crippen MR) is 97.1 cm³/mol. The molecule has 1 aromatic carbocycles. The highest BCUT2D eigenvalue weighted by molar-refractivity contribution is 7.91. The van der Waals surface area contributed by atoms with Gasteiger partial charge in [-0.2, -0.15) is 0 Å². The molecule has 7 heteroatoms. The van der Waals surface area contributed by atoms with E-state index in [0.29, 0.717) is 37.8 Å².